The van der Waals surface area contributed by atoms with Crippen molar-refractivity contribution in [2.75, 3.05) is 13.4 Å². The van der Waals surface area contributed by atoms with Crippen LogP contribution in [0.4, 0.5) is 22.0 Å². The maximum atomic E-state index is 12.7. The number of hydrogen-bond donors (Lipinski definition) is 1. The van der Waals surface area contributed by atoms with Crippen molar-refractivity contribution in [3.63, 3.8) is 0 Å². The van der Waals surface area contributed by atoms with E-state index in [0.29, 0.717) is 0 Å². The van der Waals surface area contributed by atoms with Crippen LogP contribution in [0, 0.1) is 11.8 Å². The first-order valence-electron chi connectivity index (χ1n) is 7.56. The summed E-state index contributed by atoms with van der Waals surface area (Å²) in [6.07, 6.45) is -11.3. The smallest absolute Gasteiger partial charge is 0.462 e. The van der Waals surface area contributed by atoms with Gasteiger partial charge >= 0.3 is 18.3 Å². The Kier molecular flexibility index (Phi) is 7.81. The van der Waals surface area contributed by atoms with Crippen LogP contribution in [0.1, 0.15) is 41.5 Å². The van der Waals surface area contributed by atoms with Gasteiger partial charge in [-0.25, -0.2) is 0 Å². The van der Waals surface area contributed by atoms with Crippen LogP contribution in [-0.2, 0) is 19.0 Å². The van der Waals surface area contributed by atoms with Gasteiger partial charge in [0.15, 0.2) is 6.79 Å². The van der Waals surface area contributed by atoms with Crippen molar-refractivity contribution in [1.82, 2.24) is 0 Å². The van der Waals surface area contributed by atoms with Gasteiger partial charge in [-0.1, -0.05) is 20.8 Å². The normalized spacial score (nSPS) is 17.3. The van der Waals surface area contributed by atoms with Gasteiger partial charge in [-0.15, -0.1) is 0 Å². The SMILES string of the molecule is CC(C)C(C)C(=O)OCC(C)(OCOC(F)(F)C(F)(F)F)C(C)(C)O. The minimum atomic E-state index is -5.90. The zero-order valence-corrected chi connectivity index (χ0v) is 15.0. The van der Waals surface area contributed by atoms with Crippen LogP contribution in [0.5, 0.6) is 0 Å². The average Bonchev–Trinajstić information content (AvgIpc) is 2.41. The lowest BCUT2D eigenvalue weighted by Crippen LogP contribution is -2.54. The van der Waals surface area contributed by atoms with E-state index in [0.717, 1.165) is 0 Å². The highest BCUT2D eigenvalue weighted by atomic mass is 19.4. The average molecular weight is 380 g/mol. The molecule has 0 heterocycles. The van der Waals surface area contributed by atoms with Gasteiger partial charge in [0.05, 0.1) is 11.5 Å². The van der Waals surface area contributed by atoms with E-state index in [9.17, 15) is 31.9 Å². The molecular weight excluding hydrogens is 355 g/mol. The van der Waals surface area contributed by atoms with Crippen LogP contribution in [0.2, 0.25) is 0 Å². The van der Waals surface area contributed by atoms with E-state index in [4.69, 9.17) is 9.47 Å². The molecular formula is C15H25F5O5. The van der Waals surface area contributed by atoms with E-state index in [1.54, 1.807) is 20.8 Å². The number of carbonyl (C=O) groups is 1. The molecule has 0 saturated heterocycles. The third-order valence-corrected chi connectivity index (χ3v) is 4.10. The molecule has 0 radical (unpaired) electrons. The molecule has 2 atom stereocenters. The Hall–Kier alpha value is -1.00. The van der Waals surface area contributed by atoms with Gasteiger partial charge in [0.25, 0.3) is 0 Å². The molecule has 0 aromatic carbocycles. The van der Waals surface area contributed by atoms with Crippen molar-refractivity contribution >= 4 is 5.97 Å². The molecule has 0 fully saturated rings. The molecule has 25 heavy (non-hydrogen) atoms. The first-order chi connectivity index (χ1) is 10.9. The Morgan fingerprint density at radius 1 is 1.00 bits per heavy atom. The molecule has 0 saturated carbocycles. The number of halogens is 5. The van der Waals surface area contributed by atoms with Crippen molar-refractivity contribution in [3.05, 3.63) is 0 Å². The molecule has 2 unspecified atom stereocenters. The second kappa shape index (κ2) is 8.13. The molecule has 0 bridgehead atoms. The highest BCUT2D eigenvalue weighted by molar-refractivity contribution is 5.72. The minimum absolute atomic E-state index is 0.0318. The van der Waals surface area contributed by atoms with Crippen LogP contribution in [-0.4, -0.2) is 48.0 Å². The highest BCUT2D eigenvalue weighted by Crippen LogP contribution is 2.37. The van der Waals surface area contributed by atoms with Gasteiger partial charge in [0.1, 0.15) is 12.2 Å². The fourth-order valence-corrected chi connectivity index (χ4v) is 1.32. The molecule has 5 nitrogen and oxygen atoms in total. The largest absolute Gasteiger partial charge is 0.483 e. The Morgan fingerprint density at radius 3 is 1.84 bits per heavy atom. The maximum Gasteiger partial charge on any atom is 0.483 e. The standard InChI is InChI=1S/C15H25F5O5/c1-9(2)10(3)11(21)23-7-13(6,12(4,5)22)24-8-25-15(19,20)14(16,17)18/h9-10,22H,7-8H2,1-6H3. The van der Waals surface area contributed by atoms with Gasteiger partial charge in [-0.05, 0) is 26.7 Å². The van der Waals surface area contributed by atoms with E-state index in [1.165, 1.54) is 20.8 Å². The molecule has 0 rings (SSSR count). The lowest BCUT2D eigenvalue weighted by atomic mass is 9.88. The first-order valence-corrected chi connectivity index (χ1v) is 7.56. The van der Waals surface area contributed by atoms with E-state index < -0.39 is 48.8 Å². The number of hydrogen-bond acceptors (Lipinski definition) is 5. The second-order valence-corrected chi connectivity index (χ2v) is 6.85. The Labute approximate surface area is 143 Å². The quantitative estimate of drug-likeness (QED) is 0.377. The number of alkyl halides is 5. The van der Waals surface area contributed by atoms with Gasteiger partial charge in [-0.2, -0.15) is 22.0 Å². The van der Waals surface area contributed by atoms with Crippen molar-refractivity contribution in [2.45, 2.75) is 65.0 Å². The van der Waals surface area contributed by atoms with Crippen molar-refractivity contribution < 1.29 is 46.1 Å². The van der Waals surface area contributed by atoms with Gasteiger partial charge in [-0.3, -0.25) is 9.53 Å². The molecule has 0 aromatic heterocycles. The molecule has 150 valence electrons. The minimum Gasteiger partial charge on any atom is -0.462 e. The van der Waals surface area contributed by atoms with Crippen LogP contribution < -0.4 is 0 Å². The predicted octanol–water partition coefficient (Wildman–Crippen LogP) is 3.50. The van der Waals surface area contributed by atoms with E-state index in [2.05, 4.69) is 4.74 Å². The van der Waals surface area contributed by atoms with Crippen LogP contribution in [0.3, 0.4) is 0 Å². The molecule has 0 aliphatic rings. The number of rotatable bonds is 9. The monoisotopic (exact) mass is 380 g/mol. The Bertz CT molecular complexity index is 445. The zero-order chi connectivity index (χ0) is 20.3. The number of carbonyl (C=O) groups excluding carboxylic acids is 1. The summed E-state index contributed by atoms with van der Waals surface area (Å²) in [6, 6.07) is 0. The third-order valence-electron chi connectivity index (χ3n) is 4.10. The maximum absolute atomic E-state index is 12.7. The van der Waals surface area contributed by atoms with E-state index in [1.807, 2.05) is 0 Å². The summed E-state index contributed by atoms with van der Waals surface area (Å²) >= 11 is 0. The van der Waals surface area contributed by atoms with Crippen molar-refractivity contribution in [2.24, 2.45) is 11.8 Å². The van der Waals surface area contributed by atoms with Gasteiger partial charge in [0, 0.05) is 0 Å². The summed E-state index contributed by atoms with van der Waals surface area (Å²) in [5.41, 5.74) is -3.51. The van der Waals surface area contributed by atoms with E-state index >= 15 is 0 Å². The fraction of sp³-hybridized carbons (Fsp3) is 0.933. The van der Waals surface area contributed by atoms with Crippen molar-refractivity contribution in [1.29, 1.82) is 0 Å². The number of esters is 1. The summed E-state index contributed by atoms with van der Waals surface area (Å²) < 4.78 is 75.0. The molecule has 0 aromatic rings. The van der Waals surface area contributed by atoms with Gasteiger partial charge < -0.3 is 14.6 Å². The van der Waals surface area contributed by atoms with Crippen LogP contribution >= 0.6 is 0 Å². The first kappa shape index (κ1) is 24.0. The molecule has 0 aliphatic heterocycles. The summed E-state index contributed by atoms with van der Waals surface area (Å²) in [5.74, 6) is -1.12. The molecule has 0 amide bonds. The Morgan fingerprint density at radius 2 is 1.48 bits per heavy atom. The summed E-state index contributed by atoms with van der Waals surface area (Å²) in [6.45, 7) is 6.81. The zero-order valence-electron chi connectivity index (χ0n) is 15.0. The second-order valence-electron chi connectivity index (χ2n) is 6.85. The highest BCUT2D eigenvalue weighted by Gasteiger charge is 2.60. The van der Waals surface area contributed by atoms with Crippen LogP contribution in [0.15, 0.2) is 0 Å². The molecule has 0 spiro atoms. The summed E-state index contributed by atoms with van der Waals surface area (Å²) in [4.78, 5) is 11.9. The van der Waals surface area contributed by atoms with Crippen LogP contribution in [0.25, 0.3) is 0 Å². The molecule has 1 N–H and O–H groups in total. The topological polar surface area (TPSA) is 65.0 Å². The summed E-state index contributed by atoms with van der Waals surface area (Å²) in [7, 11) is 0. The molecule has 0 aliphatic carbocycles. The lowest BCUT2D eigenvalue weighted by Gasteiger charge is -2.39. The number of ether oxygens (including phenoxy) is 3. The summed E-state index contributed by atoms with van der Waals surface area (Å²) in [5, 5.41) is 10.1. The molecule has 10 heteroatoms. The fourth-order valence-electron chi connectivity index (χ4n) is 1.32. The lowest BCUT2D eigenvalue weighted by molar-refractivity contribution is -0.413. The van der Waals surface area contributed by atoms with Crippen molar-refractivity contribution in [3.8, 4) is 0 Å². The number of aliphatic hydroxyl groups is 1. The third kappa shape index (κ3) is 6.67. The Balaban J connectivity index is 4.93. The van der Waals surface area contributed by atoms with E-state index in [-0.39, 0.29) is 5.92 Å². The van der Waals surface area contributed by atoms with Gasteiger partial charge in [0.2, 0.25) is 0 Å². The predicted molar refractivity (Wildman–Crippen MR) is 77.7 cm³/mol.